The second-order valence-electron chi connectivity index (χ2n) is 5.50. The summed E-state index contributed by atoms with van der Waals surface area (Å²) < 4.78 is 11.4. The van der Waals surface area contributed by atoms with Crippen molar-refractivity contribution < 1.29 is 19.1 Å². The first-order valence-corrected chi connectivity index (χ1v) is 9.08. The normalized spacial score (nSPS) is 15.2. The van der Waals surface area contributed by atoms with E-state index in [-0.39, 0.29) is 5.24 Å². The van der Waals surface area contributed by atoms with Gasteiger partial charge in [-0.05, 0) is 54.6 Å². The lowest BCUT2D eigenvalue weighted by molar-refractivity contribution is -0.115. The average molecular weight is 390 g/mol. The predicted octanol–water partition coefficient (Wildman–Crippen LogP) is 4.43. The average Bonchev–Trinajstić information content (AvgIpc) is 2.93. The molecule has 1 N–H and O–H groups in total. The molecule has 2 aromatic carbocycles. The van der Waals surface area contributed by atoms with Gasteiger partial charge in [-0.15, -0.1) is 0 Å². The van der Waals surface area contributed by atoms with E-state index in [0.717, 1.165) is 28.6 Å². The fourth-order valence-electron chi connectivity index (χ4n) is 2.31. The lowest BCUT2D eigenvalue weighted by atomic mass is 10.2. The van der Waals surface area contributed by atoms with Crippen LogP contribution in [-0.2, 0) is 4.79 Å². The van der Waals surface area contributed by atoms with E-state index in [1.54, 1.807) is 24.3 Å². The van der Waals surface area contributed by atoms with Gasteiger partial charge in [0.15, 0.2) is 0 Å². The predicted molar refractivity (Wildman–Crippen MR) is 103 cm³/mol. The highest BCUT2D eigenvalue weighted by molar-refractivity contribution is 8.18. The summed E-state index contributed by atoms with van der Waals surface area (Å²) in [5, 5.41) is 2.56. The molecule has 3 rings (SSSR count). The van der Waals surface area contributed by atoms with Gasteiger partial charge in [-0.2, -0.15) is 0 Å². The Morgan fingerprint density at radius 2 is 1.88 bits per heavy atom. The van der Waals surface area contributed by atoms with Gasteiger partial charge in [-0.1, -0.05) is 29.8 Å². The fourth-order valence-corrected chi connectivity index (χ4v) is 3.10. The van der Waals surface area contributed by atoms with Crippen molar-refractivity contribution in [2.75, 3.05) is 13.2 Å². The van der Waals surface area contributed by atoms with Crippen molar-refractivity contribution in [3.8, 4) is 11.5 Å². The molecule has 5 nitrogen and oxygen atoms in total. The molecule has 0 saturated carbocycles. The number of aryl methyl sites for hydroxylation is 1. The smallest absolute Gasteiger partial charge is 0.290 e. The van der Waals surface area contributed by atoms with Crippen LogP contribution < -0.4 is 14.8 Å². The van der Waals surface area contributed by atoms with E-state index in [1.807, 2.05) is 31.2 Å². The third-order valence-corrected chi connectivity index (χ3v) is 4.82. The number of amides is 2. The molecule has 1 aliphatic rings. The van der Waals surface area contributed by atoms with Crippen molar-refractivity contribution in [3.05, 3.63) is 63.5 Å². The van der Waals surface area contributed by atoms with Crippen LogP contribution in [0.15, 0.2) is 47.4 Å². The summed E-state index contributed by atoms with van der Waals surface area (Å²) in [4.78, 5) is 23.3. The summed E-state index contributed by atoms with van der Waals surface area (Å²) >= 11 is 6.87. The van der Waals surface area contributed by atoms with Crippen molar-refractivity contribution >= 4 is 40.6 Å². The van der Waals surface area contributed by atoms with Crippen LogP contribution in [-0.4, -0.2) is 24.4 Å². The van der Waals surface area contributed by atoms with Crippen molar-refractivity contribution in [2.24, 2.45) is 0 Å². The van der Waals surface area contributed by atoms with E-state index in [9.17, 15) is 9.59 Å². The minimum Gasteiger partial charge on any atom is -0.490 e. The van der Waals surface area contributed by atoms with Crippen LogP contribution in [0.4, 0.5) is 4.79 Å². The van der Waals surface area contributed by atoms with Crippen LogP contribution in [0, 0.1) is 6.92 Å². The summed E-state index contributed by atoms with van der Waals surface area (Å²) in [6, 6.07) is 12.8. The highest BCUT2D eigenvalue weighted by Crippen LogP contribution is 2.29. The zero-order valence-electron chi connectivity index (χ0n) is 14.0. The Bertz CT molecular complexity index is 882. The molecule has 1 fully saturated rings. The second-order valence-corrected chi connectivity index (χ2v) is 6.92. The minimum absolute atomic E-state index is 0.333. The number of halogens is 1. The van der Waals surface area contributed by atoms with Gasteiger partial charge in [0.2, 0.25) is 0 Å². The quantitative estimate of drug-likeness (QED) is 0.584. The Morgan fingerprint density at radius 3 is 2.62 bits per heavy atom. The lowest BCUT2D eigenvalue weighted by Gasteiger charge is -2.11. The van der Waals surface area contributed by atoms with E-state index in [2.05, 4.69) is 5.32 Å². The highest BCUT2D eigenvalue weighted by Gasteiger charge is 2.25. The lowest BCUT2D eigenvalue weighted by Crippen LogP contribution is -2.17. The number of carbonyl (C=O) groups is 2. The molecule has 0 aromatic heterocycles. The van der Waals surface area contributed by atoms with Crippen LogP contribution in [0.25, 0.3) is 6.08 Å². The first kappa shape index (κ1) is 18.4. The molecule has 1 aliphatic heterocycles. The molecule has 0 bridgehead atoms. The number of ether oxygens (including phenoxy) is 2. The number of imide groups is 1. The third-order valence-electron chi connectivity index (χ3n) is 3.59. The Kier molecular flexibility index (Phi) is 5.85. The second kappa shape index (κ2) is 8.29. The molecule has 0 atom stereocenters. The molecule has 1 heterocycles. The van der Waals surface area contributed by atoms with Gasteiger partial charge in [-0.25, -0.2) is 0 Å². The number of thioether (sulfide) groups is 1. The standard InChI is InChI=1S/C19H16ClNO4S/c1-12-10-14(6-7-15(12)20)24-8-9-25-16-5-3-2-4-13(16)11-17-18(22)21-19(23)26-17/h2-7,10-11H,8-9H2,1H3,(H,21,22,23). The Labute approximate surface area is 160 Å². The zero-order chi connectivity index (χ0) is 18.5. The van der Waals surface area contributed by atoms with Gasteiger partial charge < -0.3 is 9.47 Å². The maximum atomic E-state index is 11.7. The molecule has 0 unspecified atom stereocenters. The maximum absolute atomic E-state index is 11.7. The Balaban J connectivity index is 1.60. The topological polar surface area (TPSA) is 64.6 Å². The Morgan fingerprint density at radius 1 is 1.12 bits per heavy atom. The number of hydrogen-bond acceptors (Lipinski definition) is 5. The number of nitrogens with one attached hydrogen (secondary N) is 1. The van der Waals surface area contributed by atoms with Crippen LogP contribution in [0.1, 0.15) is 11.1 Å². The summed E-state index contributed by atoms with van der Waals surface area (Å²) in [5.74, 6) is 0.948. The van der Waals surface area contributed by atoms with Crippen molar-refractivity contribution in [1.82, 2.24) is 5.32 Å². The SMILES string of the molecule is Cc1cc(OCCOc2ccccc2C=C2SC(=O)NC2=O)ccc1Cl. The minimum atomic E-state index is -0.392. The van der Waals surface area contributed by atoms with Crippen LogP contribution in [0.5, 0.6) is 11.5 Å². The Hall–Kier alpha value is -2.44. The van der Waals surface area contributed by atoms with Crippen LogP contribution in [0.3, 0.4) is 0 Å². The van der Waals surface area contributed by atoms with Crippen molar-refractivity contribution in [3.63, 3.8) is 0 Å². The molecule has 0 radical (unpaired) electrons. The van der Waals surface area contributed by atoms with Gasteiger partial charge in [0, 0.05) is 10.6 Å². The third kappa shape index (κ3) is 4.59. The van der Waals surface area contributed by atoms with Gasteiger partial charge >= 0.3 is 0 Å². The maximum Gasteiger partial charge on any atom is 0.290 e. The first-order chi connectivity index (χ1) is 12.5. The molecule has 7 heteroatoms. The summed E-state index contributed by atoms with van der Waals surface area (Å²) in [6.45, 7) is 2.61. The zero-order valence-corrected chi connectivity index (χ0v) is 15.5. The molecule has 26 heavy (non-hydrogen) atoms. The van der Waals surface area contributed by atoms with Crippen LogP contribution >= 0.6 is 23.4 Å². The molecular formula is C19H16ClNO4S. The molecule has 1 saturated heterocycles. The fraction of sp³-hybridized carbons (Fsp3) is 0.158. The molecule has 0 spiro atoms. The highest BCUT2D eigenvalue weighted by atomic mass is 35.5. The van der Waals surface area contributed by atoms with E-state index < -0.39 is 5.91 Å². The molecule has 0 aliphatic carbocycles. The molecule has 134 valence electrons. The number of carbonyl (C=O) groups excluding carboxylic acids is 2. The summed E-state index contributed by atoms with van der Waals surface area (Å²) in [7, 11) is 0. The summed E-state index contributed by atoms with van der Waals surface area (Å²) in [5.41, 5.74) is 1.67. The van der Waals surface area contributed by atoms with Crippen molar-refractivity contribution in [2.45, 2.75) is 6.92 Å². The molecule has 2 amide bonds. The van der Waals surface area contributed by atoms with E-state index in [4.69, 9.17) is 21.1 Å². The van der Waals surface area contributed by atoms with Gasteiger partial charge in [0.25, 0.3) is 11.1 Å². The van der Waals surface area contributed by atoms with Gasteiger partial charge in [0.1, 0.15) is 24.7 Å². The number of para-hydroxylation sites is 1. The van der Waals surface area contributed by atoms with Gasteiger partial charge in [-0.3, -0.25) is 14.9 Å². The van der Waals surface area contributed by atoms with E-state index in [1.165, 1.54) is 0 Å². The van der Waals surface area contributed by atoms with Crippen LogP contribution in [0.2, 0.25) is 5.02 Å². The van der Waals surface area contributed by atoms with E-state index >= 15 is 0 Å². The summed E-state index contributed by atoms with van der Waals surface area (Å²) in [6.07, 6.45) is 1.64. The number of rotatable bonds is 6. The molecule has 2 aromatic rings. The monoisotopic (exact) mass is 389 g/mol. The molecular weight excluding hydrogens is 374 g/mol. The largest absolute Gasteiger partial charge is 0.490 e. The van der Waals surface area contributed by atoms with E-state index in [0.29, 0.717) is 28.9 Å². The number of hydrogen-bond donors (Lipinski definition) is 1. The van der Waals surface area contributed by atoms with Crippen molar-refractivity contribution in [1.29, 1.82) is 0 Å². The number of benzene rings is 2. The first-order valence-electron chi connectivity index (χ1n) is 7.88. The van der Waals surface area contributed by atoms with Gasteiger partial charge in [0.05, 0.1) is 4.91 Å².